The Hall–Kier alpha value is -1.43. The number of nitrogens with zero attached hydrogens (tertiary/aromatic N) is 3. The highest BCUT2D eigenvalue weighted by Crippen LogP contribution is 2.23. The second-order valence-corrected chi connectivity index (χ2v) is 5.99. The number of esters is 1. The van der Waals surface area contributed by atoms with Gasteiger partial charge in [-0.3, -0.25) is 9.69 Å². The minimum atomic E-state index is -0.136. The zero-order valence-corrected chi connectivity index (χ0v) is 12.0. The molecule has 1 aromatic rings. The van der Waals surface area contributed by atoms with Gasteiger partial charge < -0.3 is 9.15 Å². The van der Waals surface area contributed by atoms with Gasteiger partial charge in [-0.2, -0.15) is 0 Å². The molecule has 0 aromatic carbocycles. The normalized spacial score (nSPS) is 20.7. The average Bonchev–Trinajstić information content (AvgIpc) is 2.97. The van der Waals surface area contributed by atoms with Gasteiger partial charge in [0.1, 0.15) is 0 Å². The summed E-state index contributed by atoms with van der Waals surface area (Å²) in [7, 11) is 1.43. The molecule has 1 atom stereocenters. The second kappa shape index (κ2) is 5.28. The van der Waals surface area contributed by atoms with Gasteiger partial charge in [-0.1, -0.05) is 20.8 Å². The van der Waals surface area contributed by atoms with Crippen molar-refractivity contribution in [2.75, 3.05) is 20.2 Å². The molecule has 0 saturated carbocycles. The lowest BCUT2D eigenvalue weighted by Crippen LogP contribution is -2.23. The van der Waals surface area contributed by atoms with E-state index < -0.39 is 0 Å². The third-order valence-corrected chi connectivity index (χ3v) is 3.27. The van der Waals surface area contributed by atoms with Crippen LogP contribution in [0.4, 0.5) is 0 Å². The molecule has 2 heterocycles. The summed E-state index contributed by atoms with van der Waals surface area (Å²) in [5, 5.41) is 8.13. The Bertz CT molecular complexity index is 450. The smallest absolute Gasteiger partial charge is 0.310 e. The highest BCUT2D eigenvalue weighted by Gasteiger charge is 2.30. The quantitative estimate of drug-likeness (QED) is 0.770. The lowest BCUT2D eigenvalue weighted by molar-refractivity contribution is -0.144. The van der Waals surface area contributed by atoms with Crippen LogP contribution in [0.15, 0.2) is 4.42 Å². The Balaban J connectivity index is 1.92. The first-order chi connectivity index (χ1) is 8.90. The molecule has 1 saturated heterocycles. The molecule has 0 N–H and O–H groups in total. The van der Waals surface area contributed by atoms with E-state index in [1.807, 2.05) is 20.8 Å². The van der Waals surface area contributed by atoms with Gasteiger partial charge in [-0.05, 0) is 13.0 Å². The van der Waals surface area contributed by atoms with Gasteiger partial charge in [0.2, 0.25) is 11.8 Å². The predicted molar refractivity (Wildman–Crippen MR) is 68.4 cm³/mol. The minimum Gasteiger partial charge on any atom is -0.469 e. The molecule has 0 aliphatic carbocycles. The molecule has 6 heteroatoms. The summed E-state index contributed by atoms with van der Waals surface area (Å²) in [6, 6.07) is 0. The van der Waals surface area contributed by atoms with Crippen LogP contribution < -0.4 is 0 Å². The van der Waals surface area contributed by atoms with Crippen LogP contribution in [0, 0.1) is 5.92 Å². The summed E-state index contributed by atoms with van der Waals surface area (Å²) in [5.41, 5.74) is -0.134. The van der Waals surface area contributed by atoms with Crippen LogP contribution in [-0.4, -0.2) is 41.3 Å². The lowest BCUT2D eigenvalue weighted by Gasteiger charge is -2.13. The number of carbonyl (C=O) groups excluding carboxylic acids is 1. The number of aromatic nitrogens is 2. The fourth-order valence-corrected chi connectivity index (χ4v) is 2.15. The van der Waals surface area contributed by atoms with Gasteiger partial charge in [0.05, 0.1) is 19.6 Å². The molecule has 1 aliphatic rings. The van der Waals surface area contributed by atoms with E-state index >= 15 is 0 Å². The highest BCUT2D eigenvalue weighted by molar-refractivity contribution is 5.72. The third kappa shape index (κ3) is 3.32. The number of hydrogen-bond donors (Lipinski definition) is 0. The van der Waals surface area contributed by atoms with Crippen molar-refractivity contribution in [2.45, 2.75) is 39.2 Å². The fraction of sp³-hybridized carbons (Fsp3) is 0.769. The molecule has 1 fully saturated rings. The van der Waals surface area contributed by atoms with Crippen LogP contribution in [0.2, 0.25) is 0 Å². The van der Waals surface area contributed by atoms with Crippen molar-refractivity contribution in [1.29, 1.82) is 0 Å². The Morgan fingerprint density at radius 1 is 1.47 bits per heavy atom. The summed E-state index contributed by atoms with van der Waals surface area (Å²) in [5.74, 6) is 1.08. The average molecular weight is 267 g/mol. The number of methoxy groups -OCH3 is 1. The van der Waals surface area contributed by atoms with Crippen LogP contribution in [0.3, 0.4) is 0 Å². The maximum Gasteiger partial charge on any atom is 0.310 e. The van der Waals surface area contributed by atoms with Gasteiger partial charge >= 0.3 is 5.97 Å². The summed E-state index contributed by atoms with van der Waals surface area (Å²) in [4.78, 5) is 13.6. The number of rotatable bonds is 3. The van der Waals surface area contributed by atoms with E-state index in [2.05, 4.69) is 15.1 Å². The largest absolute Gasteiger partial charge is 0.469 e. The van der Waals surface area contributed by atoms with Crippen LogP contribution in [-0.2, 0) is 21.5 Å². The van der Waals surface area contributed by atoms with Gasteiger partial charge in [0.25, 0.3) is 0 Å². The van der Waals surface area contributed by atoms with Crippen LogP contribution in [0.1, 0.15) is 39.0 Å². The molecule has 19 heavy (non-hydrogen) atoms. The van der Waals surface area contributed by atoms with E-state index in [4.69, 9.17) is 9.15 Å². The topological polar surface area (TPSA) is 68.5 Å². The van der Waals surface area contributed by atoms with Crippen molar-refractivity contribution in [1.82, 2.24) is 15.1 Å². The Morgan fingerprint density at radius 3 is 2.79 bits per heavy atom. The molecule has 106 valence electrons. The standard InChI is InChI=1S/C13H21N3O3/c1-13(2,3)12-15-14-10(19-12)8-16-6-5-9(7-16)11(17)18-4/h9H,5-8H2,1-4H3. The van der Waals surface area contributed by atoms with Crippen molar-refractivity contribution < 1.29 is 13.9 Å². The summed E-state index contributed by atoms with van der Waals surface area (Å²) < 4.78 is 10.4. The molecular formula is C13H21N3O3. The first kappa shape index (κ1) is 14.0. The van der Waals surface area contributed by atoms with Gasteiger partial charge in [0, 0.05) is 12.0 Å². The van der Waals surface area contributed by atoms with Gasteiger partial charge in [-0.15, -0.1) is 10.2 Å². The van der Waals surface area contributed by atoms with E-state index in [-0.39, 0.29) is 17.3 Å². The van der Waals surface area contributed by atoms with Crippen LogP contribution in [0.5, 0.6) is 0 Å². The maximum atomic E-state index is 11.4. The second-order valence-electron chi connectivity index (χ2n) is 5.99. The zero-order valence-electron chi connectivity index (χ0n) is 12.0. The summed E-state index contributed by atoms with van der Waals surface area (Å²) in [6.07, 6.45) is 0.826. The van der Waals surface area contributed by atoms with Crippen molar-refractivity contribution in [3.05, 3.63) is 11.8 Å². The number of carbonyl (C=O) groups is 1. The molecule has 0 bridgehead atoms. The molecule has 1 unspecified atom stereocenters. The SMILES string of the molecule is COC(=O)C1CCN(Cc2nnc(C(C)(C)C)o2)C1. The number of ether oxygens (including phenoxy) is 1. The first-order valence-electron chi connectivity index (χ1n) is 6.53. The van der Waals surface area contributed by atoms with Gasteiger partial charge in [-0.25, -0.2) is 0 Å². The van der Waals surface area contributed by atoms with E-state index in [1.165, 1.54) is 7.11 Å². The van der Waals surface area contributed by atoms with Crippen molar-refractivity contribution in [3.63, 3.8) is 0 Å². The maximum absolute atomic E-state index is 11.4. The Labute approximate surface area is 113 Å². The predicted octanol–water partition coefficient (Wildman–Crippen LogP) is 1.36. The van der Waals surface area contributed by atoms with Crippen molar-refractivity contribution >= 4 is 5.97 Å². The fourth-order valence-electron chi connectivity index (χ4n) is 2.15. The molecule has 0 radical (unpaired) electrons. The summed E-state index contributed by atoms with van der Waals surface area (Å²) >= 11 is 0. The third-order valence-electron chi connectivity index (χ3n) is 3.27. The molecule has 0 spiro atoms. The van der Waals surface area contributed by atoms with E-state index in [1.54, 1.807) is 0 Å². The Kier molecular flexibility index (Phi) is 3.89. The van der Waals surface area contributed by atoms with Crippen LogP contribution >= 0.6 is 0 Å². The lowest BCUT2D eigenvalue weighted by atomic mass is 9.97. The molecule has 0 amide bonds. The molecule has 6 nitrogen and oxygen atoms in total. The summed E-state index contributed by atoms with van der Waals surface area (Å²) in [6.45, 7) is 8.25. The molecule has 1 aromatic heterocycles. The van der Waals surface area contributed by atoms with E-state index in [0.717, 1.165) is 13.0 Å². The van der Waals surface area contributed by atoms with Crippen molar-refractivity contribution in [3.8, 4) is 0 Å². The van der Waals surface area contributed by atoms with Crippen LogP contribution in [0.25, 0.3) is 0 Å². The van der Waals surface area contributed by atoms with Crippen molar-refractivity contribution in [2.24, 2.45) is 5.92 Å². The first-order valence-corrected chi connectivity index (χ1v) is 6.53. The highest BCUT2D eigenvalue weighted by atomic mass is 16.5. The molecular weight excluding hydrogens is 246 g/mol. The van der Waals surface area contributed by atoms with Gasteiger partial charge in [0.15, 0.2) is 0 Å². The number of likely N-dealkylation sites (tertiary alicyclic amines) is 1. The van der Waals surface area contributed by atoms with E-state index in [0.29, 0.717) is 24.9 Å². The van der Waals surface area contributed by atoms with E-state index in [9.17, 15) is 4.79 Å². The molecule has 2 rings (SSSR count). The minimum absolute atomic E-state index is 0.0324. The zero-order chi connectivity index (χ0) is 14.0. The monoisotopic (exact) mass is 267 g/mol. The number of hydrogen-bond acceptors (Lipinski definition) is 6. The Morgan fingerprint density at radius 2 is 2.21 bits per heavy atom. The molecule has 1 aliphatic heterocycles.